The molecule has 0 N–H and O–H groups in total. The second-order valence-corrected chi connectivity index (χ2v) is 8.11. The minimum atomic E-state index is -2.80. The minimum absolute atomic E-state index is 0.109. The first-order valence-corrected chi connectivity index (χ1v) is 10.4. The number of hydrogen-bond acceptors (Lipinski definition) is 6. The highest BCUT2D eigenvalue weighted by atomic mass is 19.3. The highest BCUT2D eigenvalue weighted by Gasteiger charge is 2.41. The second kappa shape index (κ2) is 9.66. The SMILES string of the molecule is FC(F)Oc1cccc(CN2CCC3(CC2)CN(C2COCCOC2)CCO3)c1. The van der Waals surface area contributed by atoms with Crippen LogP contribution < -0.4 is 4.74 Å². The van der Waals surface area contributed by atoms with Crippen LogP contribution >= 0.6 is 0 Å². The molecule has 1 aromatic carbocycles. The van der Waals surface area contributed by atoms with Crippen molar-refractivity contribution >= 4 is 0 Å². The fraction of sp³-hybridized carbons (Fsp3) is 0.714. The van der Waals surface area contributed by atoms with Gasteiger partial charge in [0, 0.05) is 32.7 Å². The maximum atomic E-state index is 12.4. The molecule has 0 aromatic heterocycles. The molecule has 0 saturated carbocycles. The number of nitrogens with zero attached hydrogens (tertiary/aromatic N) is 2. The summed E-state index contributed by atoms with van der Waals surface area (Å²) in [5.41, 5.74) is 0.875. The van der Waals surface area contributed by atoms with Crippen LogP contribution in [0.15, 0.2) is 24.3 Å². The zero-order valence-electron chi connectivity index (χ0n) is 16.7. The van der Waals surface area contributed by atoms with Crippen molar-refractivity contribution in [2.24, 2.45) is 0 Å². The fourth-order valence-electron chi connectivity index (χ4n) is 4.50. The zero-order chi connectivity index (χ0) is 20.1. The van der Waals surface area contributed by atoms with Crippen LogP contribution in [0.3, 0.4) is 0 Å². The molecule has 0 unspecified atom stereocenters. The summed E-state index contributed by atoms with van der Waals surface area (Å²) in [6, 6.07) is 7.27. The summed E-state index contributed by atoms with van der Waals surface area (Å²) in [5.74, 6) is 0.213. The van der Waals surface area contributed by atoms with Gasteiger partial charge in [-0.25, -0.2) is 0 Å². The van der Waals surface area contributed by atoms with Crippen molar-refractivity contribution in [2.45, 2.75) is 37.6 Å². The molecule has 6 nitrogen and oxygen atoms in total. The smallest absolute Gasteiger partial charge is 0.387 e. The van der Waals surface area contributed by atoms with E-state index in [1.165, 1.54) is 0 Å². The maximum Gasteiger partial charge on any atom is 0.387 e. The number of halogens is 2. The number of rotatable bonds is 5. The molecule has 3 fully saturated rings. The van der Waals surface area contributed by atoms with Gasteiger partial charge < -0.3 is 18.9 Å². The van der Waals surface area contributed by atoms with Gasteiger partial charge in [0.15, 0.2) is 0 Å². The Balaban J connectivity index is 1.30. The molecule has 0 atom stereocenters. The number of ether oxygens (including phenoxy) is 4. The third kappa shape index (κ3) is 5.64. The number of morpholine rings is 1. The summed E-state index contributed by atoms with van der Waals surface area (Å²) in [4.78, 5) is 4.82. The summed E-state index contributed by atoms with van der Waals surface area (Å²) >= 11 is 0. The Labute approximate surface area is 170 Å². The highest BCUT2D eigenvalue weighted by molar-refractivity contribution is 5.28. The lowest BCUT2D eigenvalue weighted by molar-refractivity contribution is -0.149. The monoisotopic (exact) mass is 412 g/mol. The Bertz CT molecular complexity index is 647. The third-order valence-corrected chi connectivity index (χ3v) is 6.08. The zero-order valence-corrected chi connectivity index (χ0v) is 16.7. The van der Waals surface area contributed by atoms with Crippen molar-refractivity contribution in [3.05, 3.63) is 29.8 Å². The average Bonchev–Trinajstić information content (AvgIpc) is 3.00. The van der Waals surface area contributed by atoms with Gasteiger partial charge in [0.25, 0.3) is 0 Å². The van der Waals surface area contributed by atoms with Gasteiger partial charge in [-0.2, -0.15) is 8.78 Å². The van der Waals surface area contributed by atoms with Crippen LogP contribution in [-0.2, 0) is 20.8 Å². The van der Waals surface area contributed by atoms with Crippen molar-refractivity contribution in [1.82, 2.24) is 9.80 Å². The predicted octanol–water partition coefficient (Wildman–Crippen LogP) is 2.37. The molecule has 29 heavy (non-hydrogen) atoms. The van der Waals surface area contributed by atoms with Crippen LogP contribution in [0.1, 0.15) is 18.4 Å². The van der Waals surface area contributed by atoms with Crippen LogP contribution in [0, 0.1) is 0 Å². The van der Waals surface area contributed by atoms with E-state index in [0.717, 1.165) is 70.9 Å². The Morgan fingerprint density at radius 3 is 2.55 bits per heavy atom. The van der Waals surface area contributed by atoms with Gasteiger partial charge in [-0.3, -0.25) is 9.80 Å². The molecule has 0 amide bonds. The van der Waals surface area contributed by atoms with Crippen molar-refractivity contribution in [1.29, 1.82) is 0 Å². The van der Waals surface area contributed by atoms with Gasteiger partial charge in [-0.15, -0.1) is 0 Å². The van der Waals surface area contributed by atoms with E-state index in [1.54, 1.807) is 18.2 Å². The van der Waals surface area contributed by atoms with Crippen molar-refractivity contribution < 1.29 is 27.7 Å². The Morgan fingerprint density at radius 2 is 1.83 bits per heavy atom. The Morgan fingerprint density at radius 1 is 1.07 bits per heavy atom. The lowest BCUT2D eigenvalue weighted by atomic mass is 9.88. The minimum Gasteiger partial charge on any atom is -0.435 e. The van der Waals surface area contributed by atoms with Crippen LogP contribution in [0.25, 0.3) is 0 Å². The number of likely N-dealkylation sites (tertiary alicyclic amines) is 1. The Hall–Kier alpha value is -1.32. The summed E-state index contributed by atoms with van der Waals surface area (Å²) < 4.78 is 47.0. The molecule has 8 heteroatoms. The lowest BCUT2D eigenvalue weighted by Gasteiger charge is -2.49. The second-order valence-electron chi connectivity index (χ2n) is 8.11. The normalized spacial score (nSPS) is 24.7. The number of hydrogen-bond donors (Lipinski definition) is 0. The van der Waals surface area contributed by atoms with E-state index in [1.807, 2.05) is 6.07 Å². The maximum absolute atomic E-state index is 12.4. The van der Waals surface area contributed by atoms with E-state index in [2.05, 4.69) is 14.5 Å². The summed E-state index contributed by atoms with van der Waals surface area (Å²) in [6.07, 6.45) is 1.93. The molecule has 4 rings (SSSR count). The molecular formula is C21H30F2N2O4. The van der Waals surface area contributed by atoms with E-state index >= 15 is 0 Å². The summed E-state index contributed by atoms with van der Waals surface area (Å²) in [5, 5.41) is 0. The first-order valence-electron chi connectivity index (χ1n) is 10.4. The average molecular weight is 412 g/mol. The molecule has 1 aromatic rings. The Kier molecular flexibility index (Phi) is 6.97. The fourth-order valence-corrected chi connectivity index (χ4v) is 4.50. The van der Waals surface area contributed by atoms with Crippen LogP contribution in [0.4, 0.5) is 8.78 Å². The van der Waals surface area contributed by atoms with E-state index in [0.29, 0.717) is 19.3 Å². The number of benzene rings is 1. The van der Waals surface area contributed by atoms with Gasteiger partial charge in [0.2, 0.25) is 0 Å². The summed E-state index contributed by atoms with van der Waals surface area (Å²) in [7, 11) is 0. The van der Waals surface area contributed by atoms with Gasteiger partial charge in [-0.1, -0.05) is 12.1 Å². The van der Waals surface area contributed by atoms with Gasteiger partial charge >= 0.3 is 6.61 Å². The lowest BCUT2D eigenvalue weighted by Crippen LogP contribution is -2.59. The first kappa shape index (κ1) is 20.9. The molecule has 3 saturated heterocycles. The van der Waals surface area contributed by atoms with Crippen LogP contribution in [0.2, 0.25) is 0 Å². The van der Waals surface area contributed by atoms with Crippen LogP contribution in [-0.4, -0.2) is 87.3 Å². The van der Waals surface area contributed by atoms with Gasteiger partial charge in [0.1, 0.15) is 5.75 Å². The predicted molar refractivity (Wildman–Crippen MR) is 103 cm³/mol. The number of alkyl halides is 2. The molecule has 0 bridgehead atoms. The molecule has 0 radical (unpaired) electrons. The topological polar surface area (TPSA) is 43.4 Å². The van der Waals surface area contributed by atoms with E-state index < -0.39 is 6.61 Å². The quantitative estimate of drug-likeness (QED) is 0.740. The molecule has 0 aliphatic carbocycles. The third-order valence-electron chi connectivity index (χ3n) is 6.08. The highest BCUT2D eigenvalue weighted by Crippen LogP contribution is 2.32. The molecule has 1 spiro atoms. The van der Waals surface area contributed by atoms with Crippen molar-refractivity contribution in [2.75, 3.05) is 59.2 Å². The summed E-state index contributed by atoms with van der Waals surface area (Å²) in [6.45, 7) is 5.13. The van der Waals surface area contributed by atoms with E-state index in [9.17, 15) is 8.78 Å². The number of piperidine rings is 1. The molecule has 162 valence electrons. The van der Waals surface area contributed by atoms with Crippen LogP contribution in [0.5, 0.6) is 5.75 Å². The van der Waals surface area contributed by atoms with Crippen molar-refractivity contribution in [3.8, 4) is 5.75 Å². The standard InChI is InChI=1S/C21H30F2N2O4/c22-20(23)29-19-3-1-2-17(12-19)13-24-6-4-21(5-7-24)16-25(8-9-28-21)18-14-26-10-11-27-15-18/h1-3,12,18,20H,4-11,13-16H2. The van der Waals surface area contributed by atoms with E-state index in [-0.39, 0.29) is 11.4 Å². The first-order chi connectivity index (χ1) is 14.1. The van der Waals surface area contributed by atoms with E-state index in [4.69, 9.17) is 14.2 Å². The van der Waals surface area contributed by atoms with Crippen molar-refractivity contribution in [3.63, 3.8) is 0 Å². The molecule has 3 aliphatic rings. The molecular weight excluding hydrogens is 382 g/mol. The molecule has 3 heterocycles. The van der Waals surface area contributed by atoms with Gasteiger partial charge in [-0.05, 0) is 30.5 Å². The van der Waals surface area contributed by atoms with Gasteiger partial charge in [0.05, 0.1) is 44.7 Å². The largest absolute Gasteiger partial charge is 0.435 e. The molecule has 3 aliphatic heterocycles.